The summed E-state index contributed by atoms with van der Waals surface area (Å²) >= 11 is 1.37. The van der Waals surface area contributed by atoms with Crippen molar-refractivity contribution in [3.05, 3.63) is 47.3 Å². The lowest BCUT2D eigenvalue weighted by molar-refractivity contribution is -0.150. The number of nitrogens with zero attached hydrogens (tertiary/aromatic N) is 4. The topological polar surface area (TPSA) is 100 Å². The van der Waals surface area contributed by atoms with Gasteiger partial charge in [-0.2, -0.15) is 4.98 Å². The third kappa shape index (κ3) is 5.23. The maximum atomic E-state index is 12.0. The van der Waals surface area contributed by atoms with Gasteiger partial charge >= 0.3 is 5.97 Å². The summed E-state index contributed by atoms with van der Waals surface area (Å²) in [6.07, 6.45) is 0.125. The minimum absolute atomic E-state index is 0.125. The van der Waals surface area contributed by atoms with E-state index in [2.05, 4.69) is 26.9 Å². The first-order chi connectivity index (χ1) is 13.2. The highest BCUT2D eigenvalue weighted by molar-refractivity contribution is 7.13. The second kappa shape index (κ2) is 7.89. The van der Waals surface area contributed by atoms with Crippen LogP contribution < -0.4 is 4.74 Å². The zero-order valence-electron chi connectivity index (χ0n) is 16.1. The Morgan fingerprint density at radius 3 is 2.54 bits per heavy atom. The van der Waals surface area contributed by atoms with Gasteiger partial charge in [0.25, 0.3) is 5.19 Å². The van der Waals surface area contributed by atoms with Crippen molar-refractivity contribution < 1.29 is 18.8 Å². The highest BCUT2D eigenvalue weighted by atomic mass is 32.1. The molecule has 0 aliphatic rings. The standard InChI is InChI=1S/C19H20N4O4S/c1-11(17(24)26-19(3,4)5)10-15-20-16(23-27-15)13-6-8-14(9-7-13)25-18-22-21-12(2)28-18/h6-9H,1,10H2,2-5H3. The molecule has 0 unspecified atom stereocenters. The Morgan fingerprint density at radius 2 is 1.93 bits per heavy atom. The average molecular weight is 400 g/mol. The van der Waals surface area contributed by atoms with Crippen LogP contribution in [0, 0.1) is 6.92 Å². The van der Waals surface area contributed by atoms with Crippen molar-refractivity contribution in [2.24, 2.45) is 0 Å². The van der Waals surface area contributed by atoms with Crippen molar-refractivity contribution in [1.82, 2.24) is 20.3 Å². The van der Waals surface area contributed by atoms with Gasteiger partial charge in [-0.15, -0.1) is 5.10 Å². The van der Waals surface area contributed by atoms with E-state index in [9.17, 15) is 4.79 Å². The van der Waals surface area contributed by atoms with Crippen LogP contribution >= 0.6 is 11.3 Å². The summed E-state index contributed by atoms with van der Waals surface area (Å²) in [6, 6.07) is 7.17. The Labute approximate surface area is 166 Å². The molecule has 1 aromatic carbocycles. The summed E-state index contributed by atoms with van der Waals surface area (Å²) < 4.78 is 16.1. The maximum absolute atomic E-state index is 12.0. The number of benzene rings is 1. The molecule has 28 heavy (non-hydrogen) atoms. The lowest BCUT2D eigenvalue weighted by Gasteiger charge is -2.19. The van der Waals surface area contributed by atoms with Crippen LogP contribution in [0.1, 0.15) is 31.7 Å². The molecule has 3 aromatic rings. The van der Waals surface area contributed by atoms with Crippen LogP contribution in [0.5, 0.6) is 10.9 Å². The van der Waals surface area contributed by atoms with Crippen LogP contribution in [0.25, 0.3) is 11.4 Å². The van der Waals surface area contributed by atoms with Crippen molar-refractivity contribution in [3.63, 3.8) is 0 Å². The normalized spacial score (nSPS) is 11.3. The van der Waals surface area contributed by atoms with Crippen LogP contribution in [-0.4, -0.2) is 31.9 Å². The zero-order valence-corrected chi connectivity index (χ0v) is 16.9. The Balaban J connectivity index is 1.63. The number of esters is 1. The number of carbonyl (C=O) groups is 1. The third-order valence-corrected chi connectivity index (χ3v) is 4.06. The van der Waals surface area contributed by atoms with Crippen LogP contribution in [0.4, 0.5) is 0 Å². The molecule has 0 aliphatic carbocycles. The lowest BCUT2D eigenvalue weighted by atomic mass is 10.1. The van der Waals surface area contributed by atoms with Gasteiger partial charge < -0.3 is 14.0 Å². The first-order valence-corrected chi connectivity index (χ1v) is 9.33. The lowest BCUT2D eigenvalue weighted by Crippen LogP contribution is -2.25. The summed E-state index contributed by atoms with van der Waals surface area (Å²) in [6.45, 7) is 11.0. The van der Waals surface area contributed by atoms with Crippen molar-refractivity contribution in [3.8, 4) is 22.3 Å². The number of rotatable bonds is 6. The SMILES string of the molecule is C=C(Cc1nc(-c2ccc(Oc3nnc(C)s3)cc2)no1)C(=O)OC(C)(C)C. The predicted octanol–water partition coefficient (Wildman–Crippen LogP) is 4.13. The fraction of sp³-hybridized carbons (Fsp3) is 0.316. The van der Waals surface area contributed by atoms with Gasteiger partial charge in [0.2, 0.25) is 11.7 Å². The minimum atomic E-state index is -0.586. The van der Waals surface area contributed by atoms with Gasteiger partial charge in [0.1, 0.15) is 16.4 Å². The Bertz CT molecular complexity index is 986. The minimum Gasteiger partial charge on any atom is -0.457 e. The molecule has 0 N–H and O–H groups in total. The second-order valence-electron chi connectivity index (χ2n) is 7.01. The van der Waals surface area contributed by atoms with E-state index >= 15 is 0 Å². The van der Waals surface area contributed by atoms with E-state index in [0.717, 1.165) is 10.6 Å². The maximum Gasteiger partial charge on any atom is 0.334 e. The van der Waals surface area contributed by atoms with Crippen LogP contribution in [0.3, 0.4) is 0 Å². The molecular weight excluding hydrogens is 380 g/mol. The van der Waals surface area contributed by atoms with Gasteiger partial charge in [-0.1, -0.05) is 28.2 Å². The number of ether oxygens (including phenoxy) is 2. The quantitative estimate of drug-likeness (QED) is 0.450. The second-order valence-corrected chi connectivity index (χ2v) is 8.15. The Morgan fingerprint density at radius 1 is 1.21 bits per heavy atom. The summed E-state index contributed by atoms with van der Waals surface area (Å²) in [5.74, 6) is 0.836. The van der Waals surface area contributed by atoms with E-state index in [1.165, 1.54) is 11.3 Å². The van der Waals surface area contributed by atoms with Gasteiger partial charge in [-0.3, -0.25) is 0 Å². The number of hydrogen-bond acceptors (Lipinski definition) is 9. The van der Waals surface area contributed by atoms with E-state index in [4.69, 9.17) is 14.0 Å². The number of aromatic nitrogens is 4. The molecule has 8 nitrogen and oxygen atoms in total. The molecule has 0 saturated carbocycles. The van der Waals surface area contributed by atoms with Crippen molar-refractivity contribution in [2.75, 3.05) is 0 Å². The number of aryl methyl sites for hydroxylation is 1. The molecule has 146 valence electrons. The van der Waals surface area contributed by atoms with E-state index in [1.807, 2.05) is 6.92 Å². The van der Waals surface area contributed by atoms with Gasteiger partial charge in [0.15, 0.2) is 0 Å². The average Bonchev–Trinajstić information content (AvgIpc) is 3.23. The van der Waals surface area contributed by atoms with Crippen LogP contribution in [-0.2, 0) is 16.0 Å². The molecule has 3 rings (SSSR count). The fourth-order valence-corrected chi connectivity index (χ4v) is 2.70. The fourth-order valence-electron chi connectivity index (χ4n) is 2.14. The Hall–Kier alpha value is -3.07. The molecule has 9 heteroatoms. The van der Waals surface area contributed by atoms with Crippen molar-refractivity contribution >= 4 is 17.3 Å². The molecule has 0 atom stereocenters. The number of carbonyl (C=O) groups excluding carboxylic acids is 1. The molecule has 0 fully saturated rings. The summed E-state index contributed by atoms with van der Waals surface area (Å²) in [5, 5.41) is 13.1. The summed E-state index contributed by atoms with van der Waals surface area (Å²) in [7, 11) is 0. The smallest absolute Gasteiger partial charge is 0.334 e. The zero-order chi connectivity index (χ0) is 20.3. The van der Waals surface area contributed by atoms with Crippen molar-refractivity contribution in [1.29, 1.82) is 0 Å². The van der Waals surface area contributed by atoms with Gasteiger partial charge in [0, 0.05) is 11.1 Å². The highest BCUT2D eigenvalue weighted by Crippen LogP contribution is 2.26. The third-order valence-electron chi connectivity index (χ3n) is 3.35. The largest absolute Gasteiger partial charge is 0.457 e. The molecule has 2 aromatic heterocycles. The molecule has 0 bridgehead atoms. The predicted molar refractivity (Wildman–Crippen MR) is 103 cm³/mol. The molecule has 0 aliphatic heterocycles. The van der Waals surface area contributed by atoms with E-state index in [-0.39, 0.29) is 17.9 Å². The molecule has 0 saturated heterocycles. The first kappa shape index (κ1) is 19.7. The highest BCUT2D eigenvalue weighted by Gasteiger charge is 2.20. The summed E-state index contributed by atoms with van der Waals surface area (Å²) in [5.41, 5.74) is 0.414. The molecule has 0 radical (unpaired) electrons. The van der Waals surface area contributed by atoms with Crippen molar-refractivity contribution in [2.45, 2.75) is 39.7 Å². The van der Waals surface area contributed by atoms with E-state index < -0.39 is 11.6 Å². The Kier molecular flexibility index (Phi) is 5.55. The molecule has 2 heterocycles. The van der Waals surface area contributed by atoms with E-state index in [1.54, 1.807) is 45.0 Å². The summed E-state index contributed by atoms with van der Waals surface area (Å²) in [4.78, 5) is 16.3. The van der Waals surface area contributed by atoms with Gasteiger partial charge in [-0.05, 0) is 52.0 Å². The number of hydrogen-bond donors (Lipinski definition) is 0. The van der Waals surface area contributed by atoms with Crippen LogP contribution in [0.2, 0.25) is 0 Å². The van der Waals surface area contributed by atoms with Crippen LogP contribution in [0.15, 0.2) is 40.9 Å². The molecular formula is C19H20N4O4S. The first-order valence-electron chi connectivity index (χ1n) is 8.52. The molecule has 0 spiro atoms. The monoisotopic (exact) mass is 400 g/mol. The van der Waals surface area contributed by atoms with E-state index in [0.29, 0.717) is 16.8 Å². The molecule has 0 amide bonds. The van der Waals surface area contributed by atoms with Gasteiger partial charge in [0.05, 0.1) is 6.42 Å². The van der Waals surface area contributed by atoms with Gasteiger partial charge in [-0.25, -0.2) is 4.79 Å².